The summed E-state index contributed by atoms with van der Waals surface area (Å²) in [5.74, 6) is 0. The number of hydrogen-bond acceptors (Lipinski definition) is 5. The monoisotopic (exact) mass is 203 g/mol. The fourth-order valence-electron chi connectivity index (χ4n) is 1.28. The number of benzene rings is 1. The van der Waals surface area contributed by atoms with Gasteiger partial charge in [0, 0.05) is 0 Å². The van der Waals surface area contributed by atoms with E-state index in [1.807, 2.05) is 13.0 Å². The summed E-state index contributed by atoms with van der Waals surface area (Å²) < 4.78 is 0.830. The smallest absolute Gasteiger partial charge is 0.195 e. The molecule has 0 bridgehead atoms. The van der Waals surface area contributed by atoms with E-state index < -0.39 is 0 Å². The number of nitriles is 1. The second kappa shape index (κ2) is 3.16. The molecule has 0 saturated carbocycles. The molecule has 0 atom stereocenters. The first-order valence-electron chi connectivity index (χ1n) is 3.89. The summed E-state index contributed by atoms with van der Waals surface area (Å²) in [6, 6.07) is 5.29. The van der Waals surface area contributed by atoms with Crippen LogP contribution in [0.3, 0.4) is 0 Å². The Morgan fingerprint density at radius 2 is 2.36 bits per heavy atom. The molecule has 1 aromatic heterocycles. The molecule has 4 nitrogen and oxygen atoms in total. The normalized spacial score (nSPS) is 10.0. The van der Waals surface area contributed by atoms with Crippen LogP contribution in [-0.4, -0.2) is 4.98 Å². The number of aryl methyl sites for hydroxylation is 1. The summed E-state index contributed by atoms with van der Waals surface area (Å²) >= 11 is 1.27. The highest BCUT2D eigenvalue weighted by Crippen LogP contribution is 2.29. The van der Waals surface area contributed by atoms with Crippen molar-refractivity contribution < 1.29 is 0 Å². The lowest BCUT2D eigenvalue weighted by Gasteiger charge is -1.94. The molecule has 0 fully saturated rings. The van der Waals surface area contributed by atoms with E-state index in [4.69, 9.17) is 5.26 Å². The van der Waals surface area contributed by atoms with Gasteiger partial charge in [-0.3, -0.25) is 0 Å². The van der Waals surface area contributed by atoms with Crippen LogP contribution in [0.4, 0.5) is 5.69 Å². The van der Waals surface area contributed by atoms with E-state index >= 15 is 0 Å². The van der Waals surface area contributed by atoms with Gasteiger partial charge in [0.05, 0.1) is 10.2 Å². The highest BCUT2D eigenvalue weighted by atomic mass is 32.1. The lowest BCUT2D eigenvalue weighted by Crippen LogP contribution is -1.76. The second-order valence-corrected chi connectivity index (χ2v) is 3.86. The summed E-state index contributed by atoms with van der Waals surface area (Å²) in [6.07, 6.45) is 0. The molecule has 5 heteroatoms. The highest BCUT2D eigenvalue weighted by Gasteiger charge is 2.07. The SMILES string of the molecule is Cc1cc(N=O)cc2sc(C#N)nc12. The maximum atomic E-state index is 10.3. The van der Waals surface area contributed by atoms with E-state index in [2.05, 4.69) is 10.2 Å². The summed E-state index contributed by atoms with van der Waals surface area (Å²) in [4.78, 5) is 14.5. The van der Waals surface area contributed by atoms with Crippen molar-refractivity contribution in [2.24, 2.45) is 5.18 Å². The van der Waals surface area contributed by atoms with Gasteiger partial charge in [-0.1, -0.05) is 0 Å². The molecule has 14 heavy (non-hydrogen) atoms. The Labute approximate surface area is 83.8 Å². The third-order valence-electron chi connectivity index (χ3n) is 1.87. The van der Waals surface area contributed by atoms with Crippen molar-refractivity contribution in [3.8, 4) is 6.07 Å². The third kappa shape index (κ3) is 1.26. The van der Waals surface area contributed by atoms with Gasteiger partial charge in [-0.2, -0.15) is 5.26 Å². The number of rotatable bonds is 1. The first-order valence-corrected chi connectivity index (χ1v) is 4.71. The highest BCUT2D eigenvalue weighted by molar-refractivity contribution is 7.19. The molecular weight excluding hydrogens is 198 g/mol. The quantitative estimate of drug-likeness (QED) is 0.669. The second-order valence-electron chi connectivity index (χ2n) is 2.83. The molecule has 0 aliphatic rings. The molecule has 0 saturated heterocycles. The predicted molar refractivity (Wildman–Crippen MR) is 54.5 cm³/mol. The Balaban J connectivity index is 2.81. The molecule has 0 amide bonds. The van der Waals surface area contributed by atoms with Gasteiger partial charge in [-0.25, -0.2) is 4.98 Å². The van der Waals surface area contributed by atoms with Crippen LogP contribution in [0.15, 0.2) is 17.3 Å². The average Bonchev–Trinajstić information content (AvgIpc) is 2.61. The molecule has 0 spiro atoms. The number of nitroso groups, excluding NO2 is 1. The van der Waals surface area contributed by atoms with Crippen molar-refractivity contribution in [2.75, 3.05) is 0 Å². The number of nitrogens with zero attached hydrogens (tertiary/aromatic N) is 3. The van der Waals surface area contributed by atoms with Crippen molar-refractivity contribution >= 4 is 27.2 Å². The first kappa shape index (κ1) is 8.78. The van der Waals surface area contributed by atoms with E-state index in [1.54, 1.807) is 12.1 Å². The first-order chi connectivity index (χ1) is 6.74. The van der Waals surface area contributed by atoms with Gasteiger partial charge in [0.25, 0.3) is 0 Å². The molecule has 68 valence electrons. The van der Waals surface area contributed by atoms with Crippen molar-refractivity contribution in [3.05, 3.63) is 27.6 Å². The minimum atomic E-state index is 0.378. The Morgan fingerprint density at radius 1 is 1.57 bits per heavy atom. The molecule has 0 radical (unpaired) electrons. The van der Waals surface area contributed by atoms with Crippen molar-refractivity contribution in [2.45, 2.75) is 6.92 Å². The number of thiazole rings is 1. The molecular formula is C9H5N3OS. The van der Waals surface area contributed by atoms with Crippen LogP contribution in [0.25, 0.3) is 10.2 Å². The predicted octanol–water partition coefficient (Wildman–Crippen LogP) is 2.87. The zero-order valence-corrected chi connectivity index (χ0v) is 8.13. The Hall–Kier alpha value is -1.80. The Morgan fingerprint density at radius 3 is 3.00 bits per heavy atom. The largest absolute Gasteiger partial charge is 0.226 e. The third-order valence-corrected chi connectivity index (χ3v) is 2.78. The van der Waals surface area contributed by atoms with Crippen molar-refractivity contribution in [1.29, 1.82) is 5.26 Å². The van der Waals surface area contributed by atoms with Crippen LogP contribution in [0.2, 0.25) is 0 Å². The van der Waals surface area contributed by atoms with E-state index in [0.717, 1.165) is 15.8 Å². The molecule has 2 rings (SSSR count). The Kier molecular flexibility index (Phi) is 1.98. The summed E-state index contributed by atoms with van der Waals surface area (Å²) in [5, 5.41) is 11.9. The maximum absolute atomic E-state index is 10.3. The van der Waals surface area contributed by atoms with Gasteiger partial charge < -0.3 is 0 Å². The topological polar surface area (TPSA) is 66.1 Å². The number of hydrogen-bond donors (Lipinski definition) is 0. The van der Waals surface area contributed by atoms with Crippen LogP contribution < -0.4 is 0 Å². The number of aromatic nitrogens is 1. The lowest BCUT2D eigenvalue weighted by molar-refractivity contribution is 1.36. The van der Waals surface area contributed by atoms with Crippen LogP contribution in [0, 0.1) is 23.2 Å². The molecule has 1 heterocycles. The molecule has 1 aromatic carbocycles. The van der Waals surface area contributed by atoms with E-state index in [9.17, 15) is 4.91 Å². The molecule has 0 N–H and O–H groups in total. The van der Waals surface area contributed by atoms with Gasteiger partial charge in [0.2, 0.25) is 0 Å². The van der Waals surface area contributed by atoms with E-state index in [1.165, 1.54) is 11.3 Å². The fraction of sp³-hybridized carbons (Fsp3) is 0.111. The summed E-state index contributed by atoms with van der Waals surface area (Å²) in [7, 11) is 0. The van der Waals surface area contributed by atoms with Gasteiger partial charge in [0.1, 0.15) is 11.8 Å². The summed E-state index contributed by atoms with van der Waals surface area (Å²) in [6.45, 7) is 1.85. The van der Waals surface area contributed by atoms with Crippen LogP contribution in [0.1, 0.15) is 10.6 Å². The zero-order chi connectivity index (χ0) is 10.1. The Bertz CT molecular complexity index is 553. The molecule has 0 unspecified atom stereocenters. The average molecular weight is 203 g/mol. The van der Waals surface area contributed by atoms with Crippen LogP contribution in [-0.2, 0) is 0 Å². The minimum absolute atomic E-state index is 0.378. The van der Waals surface area contributed by atoms with E-state index in [0.29, 0.717) is 10.7 Å². The lowest BCUT2D eigenvalue weighted by atomic mass is 10.2. The van der Waals surface area contributed by atoms with Crippen molar-refractivity contribution in [3.63, 3.8) is 0 Å². The number of fused-ring (bicyclic) bond motifs is 1. The van der Waals surface area contributed by atoms with Gasteiger partial charge in [-0.05, 0) is 29.8 Å². The molecule has 0 aliphatic heterocycles. The maximum Gasteiger partial charge on any atom is 0.195 e. The van der Waals surface area contributed by atoms with Crippen LogP contribution >= 0.6 is 11.3 Å². The standard InChI is InChI=1S/C9H5N3OS/c1-5-2-6(12-13)3-7-9(5)11-8(4-10)14-7/h2-3H,1H3. The van der Waals surface area contributed by atoms with Gasteiger partial charge in [-0.15, -0.1) is 16.2 Å². The van der Waals surface area contributed by atoms with Gasteiger partial charge in [0.15, 0.2) is 5.01 Å². The van der Waals surface area contributed by atoms with E-state index in [-0.39, 0.29) is 0 Å². The van der Waals surface area contributed by atoms with Crippen LogP contribution in [0.5, 0.6) is 0 Å². The zero-order valence-electron chi connectivity index (χ0n) is 7.31. The molecule has 0 aliphatic carbocycles. The summed E-state index contributed by atoms with van der Waals surface area (Å²) in [5.41, 5.74) is 2.02. The minimum Gasteiger partial charge on any atom is -0.226 e. The van der Waals surface area contributed by atoms with Gasteiger partial charge >= 0.3 is 0 Å². The molecule has 2 aromatic rings. The fourth-order valence-corrected chi connectivity index (χ4v) is 2.15. The van der Waals surface area contributed by atoms with Crippen molar-refractivity contribution in [1.82, 2.24) is 4.98 Å².